The number of nitrogens with one attached hydrogen (secondary N) is 1. The number of sulfonamides is 1. The second-order valence-corrected chi connectivity index (χ2v) is 10.2. The molecule has 2 rings (SSSR count). The quantitative estimate of drug-likeness (QED) is 0.476. The van der Waals surface area contributed by atoms with Gasteiger partial charge in [0.05, 0.1) is 18.6 Å². The SMILES string of the molecule is CCOc1ccccc1N(CC(=O)N(Cc1ccccc1F)C(C)C(=O)NC(C)CC)S(C)(=O)=O. The predicted molar refractivity (Wildman–Crippen MR) is 134 cm³/mol. The van der Waals surface area contributed by atoms with Gasteiger partial charge in [-0.3, -0.25) is 13.9 Å². The van der Waals surface area contributed by atoms with E-state index in [1.807, 2.05) is 13.8 Å². The van der Waals surface area contributed by atoms with Crippen LogP contribution in [0.3, 0.4) is 0 Å². The van der Waals surface area contributed by atoms with Crippen molar-refractivity contribution in [3.05, 3.63) is 59.9 Å². The van der Waals surface area contributed by atoms with Crippen molar-refractivity contribution in [1.29, 1.82) is 0 Å². The summed E-state index contributed by atoms with van der Waals surface area (Å²) >= 11 is 0. The minimum absolute atomic E-state index is 0.124. The zero-order valence-corrected chi connectivity index (χ0v) is 21.6. The molecule has 0 fully saturated rings. The minimum atomic E-state index is -3.91. The summed E-state index contributed by atoms with van der Waals surface area (Å²) in [6.07, 6.45) is 1.68. The molecule has 0 saturated carbocycles. The third kappa shape index (κ3) is 7.68. The highest BCUT2D eigenvalue weighted by Crippen LogP contribution is 2.30. The minimum Gasteiger partial charge on any atom is -0.492 e. The Balaban J connectivity index is 2.45. The van der Waals surface area contributed by atoms with E-state index < -0.39 is 40.2 Å². The molecule has 0 heterocycles. The molecule has 2 aromatic carbocycles. The molecule has 8 nitrogen and oxygen atoms in total. The molecule has 0 radical (unpaired) electrons. The second-order valence-electron chi connectivity index (χ2n) is 8.28. The number of hydrogen-bond donors (Lipinski definition) is 1. The Labute approximate surface area is 207 Å². The molecule has 0 aliphatic rings. The number of hydrogen-bond acceptors (Lipinski definition) is 5. The molecule has 10 heteroatoms. The molecule has 2 aromatic rings. The fourth-order valence-electron chi connectivity index (χ4n) is 3.39. The van der Waals surface area contributed by atoms with E-state index in [0.717, 1.165) is 10.6 Å². The van der Waals surface area contributed by atoms with Crippen molar-refractivity contribution in [3.8, 4) is 5.75 Å². The van der Waals surface area contributed by atoms with Crippen molar-refractivity contribution < 1.29 is 27.1 Å². The highest BCUT2D eigenvalue weighted by atomic mass is 32.2. The third-order valence-electron chi connectivity index (χ3n) is 5.58. The Morgan fingerprint density at radius 2 is 1.69 bits per heavy atom. The van der Waals surface area contributed by atoms with Crippen molar-refractivity contribution in [1.82, 2.24) is 10.2 Å². The van der Waals surface area contributed by atoms with Crippen LogP contribution >= 0.6 is 0 Å². The lowest BCUT2D eigenvalue weighted by atomic mass is 10.1. The summed E-state index contributed by atoms with van der Waals surface area (Å²) in [5.41, 5.74) is 0.414. The Hall–Kier alpha value is -3.14. The van der Waals surface area contributed by atoms with Crippen LogP contribution < -0.4 is 14.4 Å². The van der Waals surface area contributed by atoms with E-state index in [1.54, 1.807) is 37.3 Å². The summed E-state index contributed by atoms with van der Waals surface area (Å²) in [6.45, 7) is 6.57. The molecular weight excluding hydrogens is 473 g/mol. The number of carbonyl (C=O) groups excluding carboxylic acids is 2. The van der Waals surface area contributed by atoms with Crippen LogP contribution in [0.15, 0.2) is 48.5 Å². The van der Waals surface area contributed by atoms with Gasteiger partial charge in [-0.15, -0.1) is 0 Å². The van der Waals surface area contributed by atoms with E-state index >= 15 is 0 Å². The predicted octanol–water partition coefficient (Wildman–Crippen LogP) is 3.32. The van der Waals surface area contributed by atoms with Gasteiger partial charge in [-0.2, -0.15) is 0 Å². The maximum absolute atomic E-state index is 14.4. The number of rotatable bonds is 12. The first-order valence-corrected chi connectivity index (χ1v) is 13.4. The molecule has 2 amide bonds. The van der Waals surface area contributed by atoms with Gasteiger partial charge in [0.1, 0.15) is 24.2 Å². The molecule has 0 saturated heterocycles. The van der Waals surface area contributed by atoms with Crippen LogP contribution in [0, 0.1) is 5.82 Å². The molecule has 0 bridgehead atoms. The normalized spacial score (nSPS) is 13.0. The number of amides is 2. The van der Waals surface area contributed by atoms with E-state index in [9.17, 15) is 22.4 Å². The monoisotopic (exact) mass is 507 g/mol. The topological polar surface area (TPSA) is 96.0 Å². The van der Waals surface area contributed by atoms with Crippen LogP contribution in [-0.4, -0.2) is 56.6 Å². The molecule has 2 unspecified atom stereocenters. The highest BCUT2D eigenvalue weighted by molar-refractivity contribution is 7.92. The van der Waals surface area contributed by atoms with Gasteiger partial charge in [0.15, 0.2) is 0 Å². The number of nitrogens with zero attached hydrogens (tertiary/aromatic N) is 2. The van der Waals surface area contributed by atoms with E-state index in [-0.39, 0.29) is 23.8 Å². The van der Waals surface area contributed by atoms with E-state index in [2.05, 4.69) is 5.32 Å². The van der Waals surface area contributed by atoms with Gasteiger partial charge in [0, 0.05) is 18.2 Å². The van der Waals surface area contributed by atoms with E-state index in [4.69, 9.17) is 4.74 Å². The van der Waals surface area contributed by atoms with Gasteiger partial charge < -0.3 is 15.0 Å². The number of para-hydroxylation sites is 2. The zero-order chi connectivity index (χ0) is 26.2. The summed E-state index contributed by atoms with van der Waals surface area (Å²) in [7, 11) is -3.91. The van der Waals surface area contributed by atoms with Crippen LogP contribution in [0.4, 0.5) is 10.1 Å². The average Bonchev–Trinajstić information content (AvgIpc) is 2.81. The van der Waals surface area contributed by atoms with Crippen molar-refractivity contribution >= 4 is 27.5 Å². The molecule has 0 spiro atoms. The fourth-order valence-corrected chi connectivity index (χ4v) is 4.25. The molecule has 35 heavy (non-hydrogen) atoms. The first kappa shape index (κ1) is 28.1. The first-order valence-electron chi connectivity index (χ1n) is 11.5. The van der Waals surface area contributed by atoms with Crippen molar-refractivity contribution in [2.75, 3.05) is 23.7 Å². The lowest BCUT2D eigenvalue weighted by molar-refractivity contribution is -0.139. The van der Waals surface area contributed by atoms with Gasteiger partial charge in [-0.25, -0.2) is 12.8 Å². The number of carbonyl (C=O) groups is 2. The Morgan fingerprint density at radius 1 is 1.06 bits per heavy atom. The van der Waals surface area contributed by atoms with E-state index in [1.165, 1.54) is 30.0 Å². The van der Waals surface area contributed by atoms with Crippen LogP contribution in [-0.2, 0) is 26.2 Å². The van der Waals surface area contributed by atoms with Gasteiger partial charge in [-0.1, -0.05) is 37.3 Å². The van der Waals surface area contributed by atoms with Crippen molar-refractivity contribution in [3.63, 3.8) is 0 Å². The molecule has 0 aliphatic carbocycles. The molecule has 1 N–H and O–H groups in total. The largest absolute Gasteiger partial charge is 0.492 e. The van der Waals surface area contributed by atoms with E-state index in [0.29, 0.717) is 18.8 Å². The molecular formula is C25H34FN3O5S. The second kappa shape index (κ2) is 12.5. The number of benzene rings is 2. The van der Waals surface area contributed by atoms with Gasteiger partial charge in [0.2, 0.25) is 21.8 Å². The Kier molecular flexibility index (Phi) is 10.1. The zero-order valence-electron chi connectivity index (χ0n) is 20.8. The lowest BCUT2D eigenvalue weighted by Crippen LogP contribution is -2.52. The average molecular weight is 508 g/mol. The van der Waals surface area contributed by atoms with Gasteiger partial charge >= 0.3 is 0 Å². The third-order valence-corrected chi connectivity index (χ3v) is 6.71. The summed E-state index contributed by atoms with van der Waals surface area (Å²) in [5.74, 6) is -1.29. The van der Waals surface area contributed by atoms with Crippen LogP contribution in [0.5, 0.6) is 5.75 Å². The Morgan fingerprint density at radius 3 is 2.29 bits per heavy atom. The summed E-state index contributed by atoms with van der Waals surface area (Å²) in [6, 6.07) is 11.3. The molecule has 0 aliphatic heterocycles. The van der Waals surface area contributed by atoms with Crippen LogP contribution in [0.2, 0.25) is 0 Å². The smallest absolute Gasteiger partial charge is 0.244 e. The van der Waals surface area contributed by atoms with Crippen molar-refractivity contribution in [2.45, 2.75) is 52.7 Å². The van der Waals surface area contributed by atoms with Gasteiger partial charge in [0.25, 0.3) is 0 Å². The van der Waals surface area contributed by atoms with Crippen LogP contribution in [0.25, 0.3) is 0 Å². The van der Waals surface area contributed by atoms with Crippen LogP contribution in [0.1, 0.15) is 39.7 Å². The lowest BCUT2D eigenvalue weighted by Gasteiger charge is -2.32. The molecule has 0 aromatic heterocycles. The molecule has 192 valence electrons. The van der Waals surface area contributed by atoms with Gasteiger partial charge in [-0.05, 0) is 45.4 Å². The standard InChI is InChI=1S/C25H34FN3O5S/c1-6-18(3)27-25(31)19(4)28(16-20-12-8-9-13-21(20)26)24(30)17-29(35(5,32)33)22-14-10-11-15-23(22)34-7-2/h8-15,18-19H,6-7,16-17H2,1-5H3,(H,27,31). The number of anilines is 1. The maximum Gasteiger partial charge on any atom is 0.244 e. The summed E-state index contributed by atoms with van der Waals surface area (Å²) in [4.78, 5) is 27.6. The first-order chi connectivity index (χ1) is 16.5. The van der Waals surface area contributed by atoms with Crippen molar-refractivity contribution in [2.24, 2.45) is 0 Å². The molecule has 2 atom stereocenters. The summed E-state index contributed by atoms with van der Waals surface area (Å²) in [5, 5.41) is 2.83. The Bertz CT molecular complexity index is 1130. The summed E-state index contributed by atoms with van der Waals surface area (Å²) < 4.78 is 46.4. The number of halogens is 1. The number of ether oxygens (including phenoxy) is 1. The maximum atomic E-state index is 14.4. The fraction of sp³-hybridized carbons (Fsp3) is 0.440. The highest BCUT2D eigenvalue weighted by Gasteiger charge is 2.31.